The highest BCUT2D eigenvalue weighted by Gasteiger charge is 2.24. The molecule has 0 aromatic rings. The van der Waals surface area contributed by atoms with Gasteiger partial charge in [0.05, 0.1) is 22.8 Å². The predicted octanol–water partition coefficient (Wildman–Crippen LogP) is 3.65. The minimum Gasteiger partial charge on any atom is -0.227 e. The largest absolute Gasteiger partial charge is 0.227 e. The molecule has 1 aliphatic carbocycles. The average Bonchev–Trinajstić information content (AvgIpc) is 2.16. The molecule has 0 heterocycles. The molecular formula is C11H19N3S. The second-order valence-corrected chi connectivity index (χ2v) is 5.21. The highest BCUT2D eigenvalue weighted by atomic mass is 32.1. The van der Waals surface area contributed by atoms with Gasteiger partial charge in [-0.1, -0.05) is 12.8 Å². The summed E-state index contributed by atoms with van der Waals surface area (Å²) < 4.78 is 0. The minimum atomic E-state index is -0.0939. The number of isothiocyanates is 1. The first-order chi connectivity index (χ1) is 7.03. The Morgan fingerprint density at radius 1 is 1.13 bits per heavy atom. The van der Waals surface area contributed by atoms with Crippen LogP contribution in [0.2, 0.25) is 0 Å². The van der Waals surface area contributed by atoms with E-state index in [1.54, 1.807) is 0 Å². The lowest BCUT2D eigenvalue weighted by atomic mass is 9.91. The Kier molecular flexibility index (Phi) is 4.55. The Labute approximate surface area is 97.1 Å². The van der Waals surface area contributed by atoms with Crippen LogP contribution >= 0.6 is 12.2 Å². The van der Waals surface area contributed by atoms with Gasteiger partial charge in [0.2, 0.25) is 0 Å². The zero-order valence-corrected chi connectivity index (χ0v) is 10.5. The molecule has 2 atom stereocenters. The molecule has 0 aliphatic heterocycles. The van der Waals surface area contributed by atoms with Gasteiger partial charge in [-0.05, 0) is 45.8 Å². The predicted molar refractivity (Wildman–Crippen MR) is 65.7 cm³/mol. The van der Waals surface area contributed by atoms with Crippen molar-refractivity contribution in [3.63, 3.8) is 0 Å². The highest BCUT2D eigenvalue weighted by Crippen LogP contribution is 2.24. The molecule has 1 fully saturated rings. The van der Waals surface area contributed by atoms with Crippen LogP contribution in [-0.2, 0) is 0 Å². The number of nitrogens with zero attached hydrogens (tertiary/aromatic N) is 3. The Morgan fingerprint density at radius 2 is 1.73 bits per heavy atom. The second-order valence-electron chi connectivity index (χ2n) is 5.03. The second kappa shape index (κ2) is 5.47. The van der Waals surface area contributed by atoms with Crippen LogP contribution in [0.15, 0.2) is 15.2 Å². The SMILES string of the molecule is CC(C)(C)N=NC1CCCCC1N=C=S. The molecule has 1 saturated carbocycles. The van der Waals surface area contributed by atoms with Crippen molar-refractivity contribution in [1.29, 1.82) is 0 Å². The number of azo groups is 1. The number of thiocarbonyl (C=S) groups is 1. The van der Waals surface area contributed by atoms with Crippen molar-refractivity contribution in [2.75, 3.05) is 0 Å². The fourth-order valence-corrected chi connectivity index (χ4v) is 1.83. The molecule has 0 aromatic carbocycles. The summed E-state index contributed by atoms with van der Waals surface area (Å²) in [6.07, 6.45) is 4.58. The van der Waals surface area contributed by atoms with Gasteiger partial charge < -0.3 is 0 Å². The number of rotatable bonds is 2. The van der Waals surface area contributed by atoms with Crippen LogP contribution in [-0.4, -0.2) is 22.8 Å². The fraction of sp³-hybridized carbons (Fsp3) is 0.909. The lowest BCUT2D eigenvalue weighted by molar-refractivity contribution is 0.365. The Morgan fingerprint density at radius 3 is 2.27 bits per heavy atom. The molecule has 15 heavy (non-hydrogen) atoms. The molecule has 0 saturated heterocycles. The third kappa shape index (κ3) is 4.63. The molecule has 84 valence electrons. The van der Waals surface area contributed by atoms with Gasteiger partial charge in [-0.2, -0.15) is 10.2 Å². The molecule has 0 aromatic heterocycles. The lowest BCUT2D eigenvalue weighted by Gasteiger charge is -2.24. The van der Waals surface area contributed by atoms with Gasteiger partial charge in [-0.25, -0.2) is 4.99 Å². The maximum Gasteiger partial charge on any atom is 0.0939 e. The molecule has 3 nitrogen and oxygen atoms in total. The van der Waals surface area contributed by atoms with Gasteiger partial charge in [-0.3, -0.25) is 0 Å². The summed E-state index contributed by atoms with van der Waals surface area (Å²) in [5, 5.41) is 11.2. The van der Waals surface area contributed by atoms with Crippen LogP contribution in [0.1, 0.15) is 46.5 Å². The van der Waals surface area contributed by atoms with E-state index in [0.29, 0.717) is 0 Å². The third-order valence-electron chi connectivity index (χ3n) is 2.42. The smallest absolute Gasteiger partial charge is 0.0939 e. The molecule has 1 aliphatic rings. The van der Waals surface area contributed by atoms with E-state index in [1.807, 2.05) is 0 Å². The van der Waals surface area contributed by atoms with Crippen molar-refractivity contribution in [2.24, 2.45) is 15.2 Å². The molecule has 4 heteroatoms. The maximum absolute atomic E-state index is 4.65. The fourth-order valence-electron chi connectivity index (χ4n) is 1.69. The van der Waals surface area contributed by atoms with E-state index >= 15 is 0 Å². The molecule has 0 spiro atoms. The minimum absolute atomic E-state index is 0.0939. The van der Waals surface area contributed by atoms with Crippen LogP contribution in [0.5, 0.6) is 0 Å². The molecule has 0 N–H and O–H groups in total. The number of hydrogen-bond donors (Lipinski definition) is 0. The summed E-state index contributed by atoms with van der Waals surface area (Å²) in [5.74, 6) is 0. The van der Waals surface area contributed by atoms with Crippen molar-refractivity contribution in [3.8, 4) is 0 Å². The van der Waals surface area contributed by atoms with Crippen molar-refractivity contribution in [1.82, 2.24) is 0 Å². The first-order valence-corrected chi connectivity index (χ1v) is 5.93. The molecule has 0 amide bonds. The number of hydrogen-bond acceptors (Lipinski definition) is 4. The van der Waals surface area contributed by atoms with Crippen molar-refractivity contribution < 1.29 is 0 Å². The van der Waals surface area contributed by atoms with Gasteiger partial charge in [-0.15, -0.1) is 0 Å². The summed E-state index contributed by atoms with van der Waals surface area (Å²) in [6.45, 7) is 6.16. The molecule has 2 unspecified atom stereocenters. The van der Waals surface area contributed by atoms with E-state index in [-0.39, 0.29) is 17.6 Å². The topological polar surface area (TPSA) is 37.1 Å². The molecular weight excluding hydrogens is 206 g/mol. The van der Waals surface area contributed by atoms with Crippen LogP contribution < -0.4 is 0 Å². The summed E-state index contributed by atoms with van der Waals surface area (Å²) in [6, 6.07) is 0.427. The van der Waals surface area contributed by atoms with Gasteiger partial charge in [0, 0.05) is 0 Å². The summed E-state index contributed by atoms with van der Waals surface area (Å²) >= 11 is 4.65. The molecule has 1 rings (SSSR count). The maximum atomic E-state index is 4.65. The molecule has 0 bridgehead atoms. The lowest BCUT2D eigenvalue weighted by Crippen LogP contribution is -2.27. The van der Waals surface area contributed by atoms with Gasteiger partial charge in [0.1, 0.15) is 0 Å². The first-order valence-electron chi connectivity index (χ1n) is 5.52. The monoisotopic (exact) mass is 225 g/mol. The average molecular weight is 225 g/mol. The molecule has 0 radical (unpaired) electrons. The highest BCUT2D eigenvalue weighted by molar-refractivity contribution is 7.78. The summed E-state index contributed by atoms with van der Waals surface area (Å²) in [5.41, 5.74) is -0.0939. The third-order valence-corrected chi connectivity index (χ3v) is 2.52. The van der Waals surface area contributed by atoms with Crippen molar-refractivity contribution in [3.05, 3.63) is 0 Å². The van der Waals surface area contributed by atoms with Crippen LogP contribution in [0, 0.1) is 0 Å². The van der Waals surface area contributed by atoms with Crippen LogP contribution in [0.25, 0.3) is 0 Å². The normalized spacial score (nSPS) is 27.7. The van der Waals surface area contributed by atoms with Crippen LogP contribution in [0.4, 0.5) is 0 Å². The summed E-state index contributed by atoms with van der Waals surface area (Å²) in [7, 11) is 0. The zero-order chi connectivity index (χ0) is 11.3. The Hall–Kier alpha value is -0.600. The van der Waals surface area contributed by atoms with Crippen molar-refractivity contribution in [2.45, 2.75) is 64.1 Å². The van der Waals surface area contributed by atoms with E-state index in [4.69, 9.17) is 0 Å². The van der Waals surface area contributed by atoms with Crippen molar-refractivity contribution >= 4 is 17.4 Å². The van der Waals surface area contributed by atoms with Gasteiger partial charge >= 0.3 is 0 Å². The van der Waals surface area contributed by atoms with E-state index in [2.05, 4.69) is 53.4 Å². The first kappa shape index (κ1) is 12.5. The van der Waals surface area contributed by atoms with E-state index in [0.717, 1.165) is 12.8 Å². The zero-order valence-electron chi connectivity index (χ0n) is 9.73. The van der Waals surface area contributed by atoms with E-state index in [9.17, 15) is 0 Å². The quantitative estimate of drug-likeness (QED) is 0.401. The van der Waals surface area contributed by atoms with Gasteiger partial charge in [0.25, 0.3) is 0 Å². The van der Waals surface area contributed by atoms with E-state index in [1.165, 1.54) is 12.8 Å². The Bertz CT molecular complexity index is 274. The van der Waals surface area contributed by atoms with E-state index < -0.39 is 0 Å². The number of aliphatic imine (C=N–C) groups is 1. The van der Waals surface area contributed by atoms with Gasteiger partial charge in [0.15, 0.2) is 0 Å². The van der Waals surface area contributed by atoms with Crippen LogP contribution in [0.3, 0.4) is 0 Å². The standard InChI is InChI=1S/C11H19N3S/c1-11(2,3)14-13-10-7-5-4-6-9(10)12-8-15/h9-10H,4-7H2,1-3H3. The summed E-state index contributed by atoms with van der Waals surface area (Å²) in [4.78, 5) is 4.18. The Balaban J connectivity index is 2.64.